The molecule has 0 bridgehead atoms. The molecule has 2 heterocycles. The van der Waals surface area contributed by atoms with E-state index in [4.69, 9.17) is 0 Å². The Morgan fingerprint density at radius 3 is 2.76 bits per heavy atom. The normalized spacial score (nSPS) is 17.8. The molecule has 3 nitrogen and oxygen atoms in total. The second-order valence-electron chi connectivity index (χ2n) is 5.36. The van der Waals surface area contributed by atoms with E-state index in [0.717, 1.165) is 41.8 Å². The molecule has 112 valence electrons. The van der Waals surface area contributed by atoms with Crippen LogP contribution in [0.3, 0.4) is 0 Å². The molecule has 0 radical (unpaired) electrons. The predicted molar refractivity (Wildman–Crippen MR) is 91.1 cm³/mol. The predicted octanol–water partition coefficient (Wildman–Crippen LogP) is 3.52. The van der Waals surface area contributed by atoms with E-state index in [-0.39, 0.29) is 6.04 Å². The summed E-state index contributed by atoms with van der Waals surface area (Å²) in [6.07, 6.45) is 0. The van der Waals surface area contributed by atoms with Crippen LogP contribution in [0.2, 0.25) is 0 Å². The summed E-state index contributed by atoms with van der Waals surface area (Å²) in [5, 5.41) is 16.1. The molecule has 0 aliphatic carbocycles. The third kappa shape index (κ3) is 3.16. The van der Waals surface area contributed by atoms with E-state index in [9.17, 15) is 5.11 Å². The Labute approximate surface area is 137 Å². The molecule has 0 spiro atoms. The van der Waals surface area contributed by atoms with Crippen molar-refractivity contribution >= 4 is 27.3 Å². The third-order valence-electron chi connectivity index (χ3n) is 3.92. The largest absolute Gasteiger partial charge is 0.507 e. The monoisotopic (exact) mass is 366 g/mol. The zero-order valence-corrected chi connectivity index (χ0v) is 14.4. The first-order valence-electron chi connectivity index (χ1n) is 7.14. The Morgan fingerprint density at radius 1 is 1.33 bits per heavy atom. The van der Waals surface area contributed by atoms with Gasteiger partial charge in [0.15, 0.2) is 0 Å². The Hall–Kier alpha value is -0.880. The van der Waals surface area contributed by atoms with Crippen LogP contribution >= 0.6 is 27.3 Å². The number of aromatic hydroxyl groups is 1. The molecule has 1 aromatic heterocycles. The van der Waals surface area contributed by atoms with Gasteiger partial charge in [-0.15, -0.1) is 11.3 Å². The van der Waals surface area contributed by atoms with Gasteiger partial charge in [-0.3, -0.25) is 4.90 Å². The Bertz CT molecular complexity index is 609. The molecule has 5 heteroatoms. The van der Waals surface area contributed by atoms with Crippen molar-refractivity contribution < 1.29 is 5.11 Å². The van der Waals surface area contributed by atoms with Crippen molar-refractivity contribution in [2.45, 2.75) is 13.0 Å². The van der Waals surface area contributed by atoms with Crippen LogP contribution in [0.5, 0.6) is 5.75 Å². The second-order valence-corrected chi connectivity index (χ2v) is 7.26. The molecule has 0 unspecified atom stereocenters. The Kier molecular flexibility index (Phi) is 4.64. The van der Waals surface area contributed by atoms with Crippen molar-refractivity contribution in [2.24, 2.45) is 0 Å². The molecular formula is C16H19BrN2OS. The van der Waals surface area contributed by atoms with Crippen molar-refractivity contribution in [1.29, 1.82) is 0 Å². The minimum atomic E-state index is 0.128. The number of aryl methyl sites for hydroxylation is 1. The topological polar surface area (TPSA) is 35.5 Å². The lowest BCUT2D eigenvalue weighted by Gasteiger charge is -2.35. The molecule has 1 aliphatic rings. The van der Waals surface area contributed by atoms with E-state index in [2.05, 4.69) is 49.7 Å². The molecule has 1 saturated heterocycles. The van der Waals surface area contributed by atoms with Crippen LogP contribution < -0.4 is 5.32 Å². The highest BCUT2D eigenvalue weighted by atomic mass is 79.9. The zero-order chi connectivity index (χ0) is 14.8. The summed E-state index contributed by atoms with van der Waals surface area (Å²) < 4.78 is 1.02. The lowest BCUT2D eigenvalue weighted by Crippen LogP contribution is -2.45. The van der Waals surface area contributed by atoms with Gasteiger partial charge in [0, 0.05) is 41.1 Å². The Morgan fingerprint density at radius 2 is 2.10 bits per heavy atom. The first kappa shape index (κ1) is 15.0. The summed E-state index contributed by atoms with van der Waals surface area (Å²) in [6, 6.07) is 8.38. The number of phenolic OH excluding ortho intramolecular Hbond substituents is 1. The van der Waals surface area contributed by atoms with Crippen molar-refractivity contribution in [3.8, 4) is 5.75 Å². The van der Waals surface area contributed by atoms with Gasteiger partial charge in [0.2, 0.25) is 0 Å². The van der Waals surface area contributed by atoms with Crippen LogP contribution in [0, 0.1) is 6.92 Å². The van der Waals surface area contributed by atoms with Gasteiger partial charge in [0.1, 0.15) is 5.75 Å². The first-order valence-corrected chi connectivity index (χ1v) is 8.81. The maximum absolute atomic E-state index is 10.6. The summed E-state index contributed by atoms with van der Waals surface area (Å²) in [6.45, 7) is 5.93. The maximum Gasteiger partial charge on any atom is 0.123 e. The molecular weight excluding hydrogens is 348 g/mol. The standard InChI is InChI=1S/C16H19BrN2OS/c1-11-9-12(17)10-13(16(11)20)15(14-3-2-8-21-14)19-6-4-18-5-7-19/h2-3,8-10,15,18,20H,4-7H2,1H3/t15-/m1/s1. The third-order valence-corrected chi connectivity index (χ3v) is 5.30. The van der Waals surface area contributed by atoms with E-state index in [1.54, 1.807) is 11.3 Å². The summed E-state index contributed by atoms with van der Waals surface area (Å²) in [5.74, 6) is 0.412. The van der Waals surface area contributed by atoms with Gasteiger partial charge in [-0.25, -0.2) is 0 Å². The number of thiophene rings is 1. The Balaban J connectivity index is 2.07. The summed E-state index contributed by atoms with van der Waals surface area (Å²) in [5.41, 5.74) is 1.90. The van der Waals surface area contributed by atoms with E-state index in [1.165, 1.54) is 4.88 Å². The number of nitrogens with one attached hydrogen (secondary N) is 1. The van der Waals surface area contributed by atoms with Crippen molar-refractivity contribution in [2.75, 3.05) is 26.2 Å². The molecule has 21 heavy (non-hydrogen) atoms. The minimum absolute atomic E-state index is 0.128. The van der Waals surface area contributed by atoms with Crippen molar-refractivity contribution in [3.05, 3.63) is 50.1 Å². The van der Waals surface area contributed by atoms with Crippen LogP contribution in [-0.2, 0) is 0 Å². The lowest BCUT2D eigenvalue weighted by molar-refractivity contribution is 0.198. The summed E-state index contributed by atoms with van der Waals surface area (Å²) >= 11 is 5.32. The number of benzene rings is 1. The fourth-order valence-electron chi connectivity index (χ4n) is 2.89. The number of piperazine rings is 1. The maximum atomic E-state index is 10.6. The number of nitrogens with zero attached hydrogens (tertiary/aromatic N) is 1. The smallest absolute Gasteiger partial charge is 0.123 e. The SMILES string of the molecule is Cc1cc(Br)cc([C@H](c2cccs2)N2CCNCC2)c1O. The van der Waals surface area contributed by atoms with Crippen LogP contribution in [-0.4, -0.2) is 36.2 Å². The van der Waals surface area contributed by atoms with Crippen LogP contribution in [0.4, 0.5) is 0 Å². The minimum Gasteiger partial charge on any atom is -0.507 e. The average Bonchev–Trinajstić information content (AvgIpc) is 2.99. The van der Waals surface area contributed by atoms with Crippen LogP contribution in [0.25, 0.3) is 0 Å². The summed E-state index contributed by atoms with van der Waals surface area (Å²) in [7, 11) is 0. The molecule has 3 rings (SSSR count). The highest BCUT2D eigenvalue weighted by Gasteiger charge is 2.27. The quantitative estimate of drug-likeness (QED) is 0.872. The van der Waals surface area contributed by atoms with Gasteiger partial charge in [-0.2, -0.15) is 0 Å². The van der Waals surface area contributed by atoms with Gasteiger partial charge in [0.25, 0.3) is 0 Å². The van der Waals surface area contributed by atoms with Gasteiger partial charge < -0.3 is 10.4 Å². The second kappa shape index (κ2) is 6.48. The van der Waals surface area contributed by atoms with Crippen molar-refractivity contribution in [3.63, 3.8) is 0 Å². The number of hydrogen-bond donors (Lipinski definition) is 2. The molecule has 1 fully saturated rings. The highest BCUT2D eigenvalue weighted by molar-refractivity contribution is 9.10. The molecule has 2 N–H and O–H groups in total. The number of rotatable bonds is 3. The van der Waals surface area contributed by atoms with Gasteiger partial charge in [-0.05, 0) is 36.1 Å². The number of hydrogen-bond acceptors (Lipinski definition) is 4. The van der Waals surface area contributed by atoms with Crippen molar-refractivity contribution in [1.82, 2.24) is 10.2 Å². The number of phenols is 1. The summed E-state index contributed by atoms with van der Waals surface area (Å²) in [4.78, 5) is 3.73. The molecule has 2 aromatic rings. The first-order chi connectivity index (χ1) is 10.2. The lowest BCUT2D eigenvalue weighted by atomic mass is 9.99. The van der Waals surface area contributed by atoms with E-state index in [0.29, 0.717) is 5.75 Å². The molecule has 0 amide bonds. The molecule has 1 aromatic carbocycles. The fraction of sp³-hybridized carbons (Fsp3) is 0.375. The van der Waals surface area contributed by atoms with Crippen LogP contribution in [0.1, 0.15) is 22.0 Å². The molecule has 1 atom stereocenters. The zero-order valence-electron chi connectivity index (χ0n) is 12.0. The van der Waals surface area contributed by atoms with Gasteiger partial charge in [-0.1, -0.05) is 22.0 Å². The van der Waals surface area contributed by atoms with E-state index < -0.39 is 0 Å². The molecule has 0 saturated carbocycles. The van der Waals surface area contributed by atoms with Gasteiger partial charge >= 0.3 is 0 Å². The average molecular weight is 367 g/mol. The fourth-order valence-corrected chi connectivity index (χ4v) is 4.35. The highest BCUT2D eigenvalue weighted by Crippen LogP contribution is 2.39. The molecule has 1 aliphatic heterocycles. The van der Waals surface area contributed by atoms with E-state index in [1.807, 2.05) is 13.0 Å². The van der Waals surface area contributed by atoms with E-state index >= 15 is 0 Å². The van der Waals surface area contributed by atoms with Gasteiger partial charge in [0.05, 0.1) is 6.04 Å². The number of halogens is 1. The van der Waals surface area contributed by atoms with Crippen LogP contribution in [0.15, 0.2) is 34.1 Å².